The lowest BCUT2D eigenvalue weighted by atomic mass is 10.2. The average Bonchev–Trinajstić information content (AvgIpc) is 2.88. The van der Waals surface area contributed by atoms with Crippen molar-refractivity contribution in [2.45, 2.75) is 51.5 Å². The highest BCUT2D eigenvalue weighted by Crippen LogP contribution is 2.19. The lowest BCUT2D eigenvalue weighted by Gasteiger charge is -2.27. The molecule has 0 saturated heterocycles. The SMILES string of the molecule is CC1C=C(N(C)C(=O)CCCCCl)N(C(=O)CCCCCl)N1. The van der Waals surface area contributed by atoms with E-state index in [9.17, 15) is 9.59 Å². The number of rotatable bonds is 9. The molecule has 1 N–H and O–H groups in total. The lowest BCUT2D eigenvalue weighted by molar-refractivity contribution is -0.136. The van der Waals surface area contributed by atoms with Crippen molar-refractivity contribution in [2.24, 2.45) is 0 Å². The Kier molecular flexibility index (Phi) is 8.83. The van der Waals surface area contributed by atoms with Crippen LogP contribution in [0.2, 0.25) is 0 Å². The predicted molar refractivity (Wildman–Crippen MR) is 89.4 cm³/mol. The maximum atomic E-state index is 12.3. The number of amides is 2. The lowest BCUT2D eigenvalue weighted by Crippen LogP contribution is -2.45. The van der Waals surface area contributed by atoms with Crippen LogP contribution in [0.5, 0.6) is 0 Å². The average molecular weight is 350 g/mol. The van der Waals surface area contributed by atoms with Crippen molar-refractivity contribution in [3.8, 4) is 0 Å². The number of carbonyl (C=O) groups is 2. The summed E-state index contributed by atoms with van der Waals surface area (Å²) >= 11 is 11.3. The molecular formula is C15H25Cl2N3O2. The maximum Gasteiger partial charge on any atom is 0.242 e. The second-order valence-electron chi connectivity index (χ2n) is 5.42. The minimum atomic E-state index is -0.0406. The molecule has 5 nitrogen and oxygen atoms in total. The highest BCUT2D eigenvalue weighted by molar-refractivity contribution is 6.18. The summed E-state index contributed by atoms with van der Waals surface area (Å²) in [6, 6.07) is 0.0186. The third kappa shape index (κ3) is 5.78. The van der Waals surface area contributed by atoms with E-state index in [0.717, 1.165) is 25.7 Å². The monoisotopic (exact) mass is 349 g/mol. The number of carbonyl (C=O) groups excluding carboxylic acids is 2. The molecule has 0 aliphatic carbocycles. The second kappa shape index (κ2) is 10.1. The molecule has 1 heterocycles. The van der Waals surface area contributed by atoms with Gasteiger partial charge in [0.05, 0.1) is 0 Å². The number of hydrogen-bond donors (Lipinski definition) is 1. The first-order valence-electron chi connectivity index (χ1n) is 7.70. The van der Waals surface area contributed by atoms with Gasteiger partial charge in [0, 0.05) is 37.7 Å². The molecule has 1 aliphatic rings. The summed E-state index contributed by atoms with van der Waals surface area (Å²) in [7, 11) is 1.70. The fraction of sp³-hybridized carbons (Fsp3) is 0.733. The van der Waals surface area contributed by atoms with Gasteiger partial charge >= 0.3 is 0 Å². The van der Waals surface area contributed by atoms with Crippen LogP contribution in [0.3, 0.4) is 0 Å². The highest BCUT2D eigenvalue weighted by Gasteiger charge is 2.29. The third-order valence-electron chi connectivity index (χ3n) is 3.48. The first-order valence-corrected chi connectivity index (χ1v) is 8.77. The Morgan fingerprint density at radius 2 is 1.77 bits per heavy atom. The molecule has 0 aromatic rings. The van der Waals surface area contributed by atoms with Crippen LogP contribution in [0.25, 0.3) is 0 Å². The largest absolute Gasteiger partial charge is 0.300 e. The van der Waals surface area contributed by atoms with Gasteiger partial charge in [-0.25, -0.2) is 10.4 Å². The van der Waals surface area contributed by atoms with Crippen LogP contribution in [0.1, 0.15) is 45.4 Å². The summed E-state index contributed by atoms with van der Waals surface area (Å²) in [5.74, 6) is 1.67. The zero-order valence-electron chi connectivity index (χ0n) is 13.3. The number of hydrazine groups is 1. The van der Waals surface area contributed by atoms with E-state index >= 15 is 0 Å². The summed E-state index contributed by atoms with van der Waals surface area (Å²) in [4.78, 5) is 26.0. The third-order valence-corrected chi connectivity index (χ3v) is 4.01. The highest BCUT2D eigenvalue weighted by atomic mass is 35.5. The zero-order chi connectivity index (χ0) is 16.5. The van der Waals surface area contributed by atoms with Gasteiger partial charge in [0.25, 0.3) is 0 Å². The van der Waals surface area contributed by atoms with Crippen LogP contribution < -0.4 is 5.43 Å². The maximum absolute atomic E-state index is 12.3. The van der Waals surface area contributed by atoms with E-state index in [-0.39, 0.29) is 17.9 Å². The molecule has 2 amide bonds. The number of nitrogens with one attached hydrogen (secondary N) is 1. The summed E-state index contributed by atoms with van der Waals surface area (Å²) in [5, 5.41) is 1.48. The van der Waals surface area contributed by atoms with E-state index in [4.69, 9.17) is 23.2 Å². The molecule has 0 bridgehead atoms. The van der Waals surface area contributed by atoms with Crippen LogP contribution in [0, 0.1) is 0 Å². The number of nitrogens with zero attached hydrogens (tertiary/aromatic N) is 2. The quantitative estimate of drug-likeness (QED) is 0.514. The van der Waals surface area contributed by atoms with E-state index in [1.807, 2.05) is 13.0 Å². The van der Waals surface area contributed by atoms with Crippen LogP contribution in [-0.2, 0) is 9.59 Å². The van der Waals surface area contributed by atoms with Crippen molar-refractivity contribution < 1.29 is 9.59 Å². The normalized spacial score (nSPS) is 17.5. The van der Waals surface area contributed by atoms with Crippen molar-refractivity contribution in [3.63, 3.8) is 0 Å². The fourth-order valence-corrected chi connectivity index (χ4v) is 2.59. The number of unbranched alkanes of at least 4 members (excludes halogenated alkanes) is 2. The summed E-state index contributed by atoms with van der Waals surface area (Å²) < 4.78 is 0. The van der Waals surface area contributed by atoms with Gasteiger partial charge in [-0.3, -0.25) is 9.59 Å². The number of alkyl halides is 2. The molecule has 0 spiro atoms. The van der Waals surface area contributed by atoms with Crippen molar-refractivity contribution in [1.82, 2.24) is 15.3 Å². The van der Waals surface area contributed by atoms with Crippen molar-refractivity contribution in [1.29, 1.82) is 0 Å². The Morgan fingerprint density at radius 1 is 1.18 bits per heavy atom. The van der Waals surface area contributed by atoms with Crippen LogP contribution in [-0.4, -0.2) is 46.6 Å². The first-order chi connectivity index (χ1) is 10.5. The Balaban J connectivity index is 2.62. The Morgan fingerprint density at radius 3 is 2.36 bits per heavy atom. The minimum Gasteiger partial charge on any atom is -0.300 e. The van der Waals surface area contributed by atoms with Gasteiger partial charge < -0.3 is 4.90 Å². The standard InChI is InChI=1S/C15H25Cl2N3O2/c1-12-11-13(19(2)14(21)7-3-5-9-16)20(18-12)15(22)8-4-6-10-17/h11-12,18H,3-10H2,1-2H3. The Hall–Kier alpha value is -0.780. The molecular weight excluding hydrogens is 325 g/mol. The summed E-state index contributed by atoms with van der Waals surface area (Å²) in [6.07, 6.45) is 5.86. The molecule has 0 fully saturated rings. The molecule has 1 aliphatic heterocycles. The van der Waals surface area contributed by atoms with Crippen molar-refractivity contribution in [2.75, 3.05) is 18.8 Å². The topological polar surface area (TPSA) is 52.7 Å². The molecule has 1 unspecified atom stereocenters. The summed E-state index contributed by atoms with van der Waals surface area (Å²) in [6.45, 7) is 1.94. The molecule has 0 aromatic heterocycles. The van der Waals surface area contributed by atoms with Gasteiger partial charge in [-0.1, -0.05) is 0 Å². The minimum absolute atomic E-state index is 0.00850. The number of hydrogen-bond acceptors (Lipinski definition) is 3. The van der Waals surface area contributed by atoms with Crippen molar-refractivity contribution >= 4 is 35.0 Å². The number of halogens is 2. The van der Waals surface area contributed by atoms with Crippen molar-refractivity contribution in [3.05, 3.63) is 11.9 Å². The van der Waals surface area contributed by atoms with Gasteiger partial charge in [0.15, 0.2) is 0 Å². The fourth-order valence-electron chi connectivity index (χ4n) is 2.22. The molecule has 126 valence electrons. The van der Waals surface area contributed by atoms with E-state index < -0.39 is 0 Å². The van der Waals surface area contributed by atoms with E-state index in [2.05, 4.69) is 5.43 Å². The van der Waals surface area contributed by atoms with Gasteiger partial charge in [-0.2, -0.15) is 0 Å². The molecule has 0 aromatic carbocycles. The summed E-state index contributed by atoms with van der Waals surface area (Å²) in [5.41, 5.74) is 3.08. The van der Waals surface area contributed by atoms with Gasteiger partial charge in [0.1, 0.15) is 5.82 Å². The van der Waals surface area contributed by atoms with Gasteiger partial charge in [-0.05, 0) is 38.7 Å². The predicted octanol–water partition coefficient (Wildman–Crippen LogP) is 2.84. The molecule has 0 radical (unpaired) electrons. The van der Waals surface area contributed by atoms with Crippen LogP contribution in [0.4, 0.5) is 0 Å². The molecule has 0 saturated carbocycles. The van der Waals surface area contributed by atoms with E-state index in [1.165, 1.54) is 5.01 Å². The van der Waals surface area contributed by atoms with Gasteiger partial charge in [-0.15, -0.1) is 23.2 Å². The van der Waals surface area contributed by atoms with E-state index in [0.29, 0.717) is 30.4 Å². The smallest absolute Gasteiger partial charge is 0.242 e. The van der Waals surface area contributed by atoms with E-state index in [1.54, 1.807) is 11.9 Å². The second-order valence-corrected chi connectivity index (χ2v) is 6.17. The molecule has 7 heteroatoms. The zero-order valence-corrected chi connectivity index (χ0v) is 14.8. The molecule has 22 heavy (non-hydrogen) atoms. The Labute approximate surface area is 142 Å². The van der Waals surface area contributed by atoms with Crippen LogP contribution >= 0.6 is 23.2 Å². The van der Waals surface area contributed by atoms with Gasteiger partial charge in [0.2, 0.25) is 11.8 Å². The molecule has 1 rings (SSSR count). The molecule has 1 atom stereocenters. The van der Waals surface area contributed by atoms with Crippen LogP contribution in [0.15, 0.2) is 11.9 Å². The Bertz CT molecular complexity index is 416. The first kappa shape index (κ1) is 19.3.